The summed E-state index contributed by atoms with van der Waals surface area (Å²) in [6, 6.07) is 17.0. The molecule has 0 aliphatic carbocycles. The van der Waals surface area contributed by atoms with Crippen molar-refractivity contribution >= 4 is 22.9 Å². The molecule has 6 heteroatoms. The van der Waals surface area contributed by atoms with Gasteiger partial charge in [-0.15, -0.1) is 10.2 Å². The predicted octanol–water partition coefficient (Wildman–Crippen LogP) is 4.56. The van der Waals surface area contributed by atoms with Crippen molar-refractivity contribution in [1.29, 1.82) is 0 Å². The second-order valence-electron chi connectivity index (χ2n) is 4.12. The first-order valence-corrected chi connectivity index (χ1v) is 7.43. The van der Waals surface area contributed by atoms with Crippen LogP contribution < -0.4 is 9.47 Å². The van der Waals surface area contributed by atoms with Crippen molar-refractivity contribution in [2.75, 3.05) is 0 Å². The van der Waals surface area contributed by atoms with Crippen LogP contribution in [0, 0.1) is 0 Å². The summed E-state index contributed by atoms with van der Waals surface area (Å²) in [6.45, 7) is 0.350. The zero-order valence-corrected chi connectivity index (χ0v) is 12.5. The molecule has 106 valence electrons. The number of hydrogen-bond donors (Lipinski definition) is 0. The van der Waals surface area contributed by atoms with Gasteiger partial charge in [0.25, 0.3) is 0 Å². The van der Waals surface area contributed by atoms with Crippen LogP contribution in [-0.4, -0.2) is 10.2 Å². The lowest BCUT2D eigenvalue weighted by Crippen LogP contribution is -1.94. The minimum atomic E-state index is 0.350. The van der Waals surface area contributed by atoms with Gasteiger partial charge in [0.05, 0.1) is 0 Å². The van der Waals surface area contributed by atoms with Crippen LogP contribution in [0.5, 0.6) is 17.2 Å². The maximum atomic E-state index is 5.71. The fraction of sp³-hybridized carbons (Fsp3) is 0.0667. The molecule has 3 rings (SSSR count). The summed E-state index contributed by atoms with van der Waals surface area (Å²) in [6.07, 6.45) is 0. The molecule has 4 nitrogen and oxygen atoms in total. The molecule has 21 heavy (non-hydrogen) atoms. The Morgan fingerprint density at radius 3 is 2.19 bits per heavy atom. The normalized spacial score (nSPS) is 10.3. The molecule has 1 aromatic heterocycles. The maximum absolute atomic E-state index is 5.71. The minimum Gasteiger partial charge on any atom is -0.486 e. The second kappa shape index (κ2) is 6.56. The zero-order chi connectivity index (χ0) is 14.5. The average molecular weight is 319 g/mol. The van der Waals surface area contributed by atoms with E-state index in [0.717, 1.165) is 22.3 Å². The standard InChI is InChI=1S/C15H11ClN2O2S/c16-15-18-17-14(21-15)10-19-11-6-8-13(9-7-11)20-12-4-2-1-3-5-12/h1-9H,10H2. The second-order valence-corrected chi connectivity index (χ2v) is 5.77. The Labute approximate surface area is 130 Å². The van der Waals surface area contributed by atoms with Crippen molar-refractivity contribution in [3.05, 3.63) is 64.1 Å². The maximum Gasteiger partial charge on any atom is 0.207 e. The number of nitrogens with zero attached hydrogens (tertiary/aromatic N) is 2. The van der Waals surface area contributed by atoms with E-state index >= 15 is 0 Å². The molecule has 0 aliphatic heterocycles. The van der Waals surface area contributed by atoms with Gasteiger partial charge in [0.1, 0.15) is 23.9 Å². The van der Waals surface area contributed by atoms with Crippen molar-refractivity contribution in [3.63, 3.8) is 0 Å². The van der Waals surface area contributed by atoms with Gasteiger partial charge in [0, 0.05) is 0 Å². The summed E-state index contributed by atoms with van der Waals surface area (Å²) >= 11 is 7.02. The average Bonchev–Trinajstić information content (AvgIpc) is 2.93. The first-order valence-electron chi connectivity index (χ1n) is 6.23. The lowest BCUT2D eigenvalue weighted by atomic mass is 10.3. The van der Waals surface area contributed by atoms with E-state index in [1.807, 2.05) is 54.6 Å². The van der Waals surface area contributed by atoms with Crippen molar-refractivity contribution in [2.24, 2.45) is 0 Å². The van der Waals surface area contributed by atoms with Crippen molar-refractivity contribution in [2.45, 2.75) is 6.61 Å². The molecule has 0 saturated heterocycles. The SMILES string of the molecule is Clc1nnc(COc2ccc(Oc3ccccc3)cc2)s1. The van der Waals surface area contributed by atoms with Crippen LogP contribution in [0.1, 0.15) is 5.01 Å². The summed E-state index contributed by atoms with van der Waals surface area (Å²) in [5.41, 5.74) is 0. The third-order valence-corrected chi connectivity index (χ3v) is 3.60. The van der Waals surface area contributed by atoms with Crippen molar-refractivity contribution < 1.29 is 9.47 Å². The quantitative estimate of drug-likeness (QED) is 0.691. The van der Waals surface area contributed by atoms with E-state index in [1.165, 1.54) is 11.3 Å². The Balaban J connectivity index is 1.59. The number of benzene rings is 2. The molecule has 3 aromatic rings. The Morgan fingerprint density at radius 2 is 1.52 bits per heavy atom. The van der Waals surface area contributed by atoms with Gasteiger partial charge < -0.3 is 9.47 Å². The van der Waals surface area contributed by atoms with Crippen LogP contribution in [0.4, 0.5) is 0 Å². The Morgan fingerprint density at radius 1 is 0.857 bits per heavy atom. The summed E-state index contributed by atoms with van der Waals surface area (Å²) in [7, 11) is 0. The highest BCUT2D eigenvalue weighted by Crippen LogP contribution is 2.24. The van der Waals surface area contributed by atoms with E-state index in [9.17, 15) is 0 Å². The lowest BCUT2D eigenvalue weighted by molar-refractivity contribution is 0.304. The minimum absolute atomic E-state index is 0.350. The predicted molar refractivity (Wildman–Crippen MR) is 82.2 cm³/mol. The molecule has 0 unspecified atom stereocenters. The van der Waals surface area contributed by atoms with Gasteiger partial charge in [0.2, 0.25) is 4.47 Å². The summed E-state index contributed by atoms with van der Waals surface area (Å²) < 4.78 is 11.7. The van der Waals surface area contributed by atoms with E-state index in [-0.39, 0.29) is 0 Å². The molecule has 0 amide bonds. The molecule has 2 aromatic carbocycles. The first-order chi connectivity index (χ1) is 10.3. The summed E-state index contributed by atoms with van der Waals surface area (Å²) in [5, 5.41) is 8.36. The van der Waals surface area contributed by atoms with Gasteiger partial charge in [-0.1, -0.05) is 29.5 Å². The molecule has 1 heterocycles. The number of rotatable bonds is 5. The fourth-order valence-corrected chi connectivity index (χ4v) is 2.45. The van der Waals surface area contributed by atoms with Crippen LogP contribution >= 0.6 is 22.9 Å². The fourth-order valence-electron chi connectivity index (χ4n) is 1.67. The van der Waals surface area contributed by atoms with Crippen LogP contribution in [0.2, 0.25) is 4.47 Å². The van der Waals surface area contributed by atoms with E-state index in [0.29, 0.717) is 11.1 Å². The molecule has 0 radical (unpaired) electrons. The van der Waals surface area contributed by atoms with Crippen molar-refractivity contribution in [3.8, 4) is 17.2 Å². The Hall–Kier alpha value is -2.11. The molecule has 0 N–H and O–H groups in total. The smallest absolute Gasteiger partial charge is 0.207 e. The third-order valence-electron chi connectivity index (χ3n) is 2.61. The summed E-state index contributed by atoms with van der Waals surface area (Å²) in [4.78, 5) is 0. The largest absolute Gasteiger partial charge is 0.486 e. The molecule has 0 fully saturated rings. The highest BCUT2D eigenvalue weighted by atomic mass is 35.5. The van der Waals surface area contributed by atoms with Gasteiger partial charge >= 0.3 is 0 Å². The molecular formula is C15H11ClN2O2S. The van der Waals surface area contributed by atoms with Gasteiger partial charge in [0.15, 0.2) is 5.01 Å². The molecule has 0 aliphatic rings. The summed E-state index contributed by atoms with van der Waals surface area (Å²) in [5.74, 6) is 2.30. The molecule has 0 spiro atoms. The van der Waals surface area contributed by atoms with Gasteiger partial charge in [-0.05, 0) is 48.0 Å². The van der Waals surface area contributed by atoms with Crippen LogP contribution in [0.15, 0.2) is 54.6 Å². The van der Waals surface area contributed by atoms with Gasteiger partial charge in [-0.3, -0.25) is 0 Å². The highest BCUT2D eigenvalue weighted by molar-refractivity contribution is 7.15. The Bertz CT molecular complexity index is 701. The lowest BCUT2D eigenvalue weighted by Gasteiger charge is -2.07. The molecular weight excluding hydrogens is 308 g/mol. The van der Waals surface area contributed by atoms with Crippen LogP contribution in [0.25, 0.3) is 0 Å². The molecule has 0 saturated carbocycles. The van der Waals surface area contributed by atoms with Gasteiger partial charge in [-0.25, -0.2) is 0 Å². The van der Waals surface area contributed by atoms with Crippen LogP contribution in [-0.2, 0) is 6.61 Å². The topological polar surface area (TPSA) is 44.2 Å². The van der Waals surface area contributed by atoms with Crippen LogP contribution in [0.3, 0.4) is 0 Å². The highest BCUT2D eigenvalue weighted by Gasteiger charge is 2.03. The zero-order valence-electron chi connectivity index (χ0n) is 10.9. The number of hydrogen-bond acceptors (Lipinski definition) is 5. The number of halogens is 1. The van der Waals surface area contributed by atoms with E-state index in [2.05, 4.69) is 10.2 Å². The number of aromatic nitrogens is 2. The van der Waals surface area contributed by atoms with E-state index < -0.39 is 0 Å². The number of para-hydroxylation sites is 1. The number of ether oxygens (including phenoxy) is 2. The monoisotopic (exact) mass is 318 g/mol. The third kappa shape index (κ3) is 3.93. The van der Waals surface area contributed by atoms with Gasteiger partial charge in [-0.2, -0.15) is 0 Å². The molecule has 0 bridgehead atoms. The Kier molecular flexibility index (Phi) is 4.33. The molecule has 0 atom stereocenters. The van der Waals surface area contributed by atoms with E-state index in [1.54, 1.807) is 0 Å². The van der Waals surface area contributed by atoms with E-state index in [4.69, 9.17) is 21.1 Å². The van der Waals surface area contributed by atoms with Crippen molar-refractivity contribution in [1.82, 2.24) is 10.2 Å². The first kappa shape index (κ1) is 13.9.